The number of hydrogen-bond acceptors (Lipinski definition) is 3. The van der Waals surface area contributed by atoms with Gasteiger partial charge in [0.15, 0.2) is 4.60 Å². The highest BCUT2D eigenvalue weighted by Gasteiger charge is 2.31. The second-order valence-electron chi connectivity index (χ2n) is 6.01. The molecule has 1 unspecified atom stereocenters. The smallest absolute Gasteiger partial charge is 0.153 e. The molecule has 0 radical (unpaired) electrons. The van der Waals surface area contributed by atoms with E-state index in [1.807, 2.05) is 11.7 Å². The highest BCUT2D eigenvalue weighted by Crippen LogP contribution is 2.39. The third-order valence-corrected chi connectivity index (χ3v) is 5.24. The molecular weight excluding hydrogens is 316 g/mol. The average Bonchev–Trinajstić information content (AvgIpc) is 2.80. The molecule has 0 saturated heterocycles. The van der Waals surface area contributed by atoms with Crippen LogP contribution in [0.1, 0.15) is 64.1 Å². The first-order chi connectivity index (χ1) is 9.67. The van der Waals surface area contributed by atoms with Crippen molar-refractivity contribution < 1.29 is 0 Å². The Morgan fingerprint density at radius 1 is 1.30 bits per heavy atom. The highest BCUT2D eigenvalue weighted by atomic mass is 79.9. The van der Waals surface area contributed by atoms with Crippen LogP contribution in [0.5, 0.6) is 0 Å². The van der Waals surface area contributed by atoms with Gasteiger partial charge in [0, 0.05) is 7.05 Å². The summed E-state index contributed by atoms with van der Waals surface area (Å²) in [6.45, 7) is 5.59. The molecule has 1 saturated carbocycles. The van der Waals surface area contributed by atoms with Crippen molar-refractivity contribution in [3.8, 4) is 0 Å². The van der Waals surface area contributed by atoms with Crippen LogP contribution in [0, 0.1) is 11.8 Å². The van der Waals surface area contributed by atoms with E-state index in [1.165, 1.54) is 37.8 Å². The number of hydrogen-bond donors (Lipinski definition) is 1. The third-order valence-electron chi connectivity index (χ3n) is 4.68. The molecule has 5 heteroatoms. The van der Waals surface area contributed by atoms with Gasteiger partial charge in [0.1, 0.15) is 0 Å². The fourth-order valence-electron chi connectivity index (χ4n) is 3.39. The summed E-state index contributed by atoms with van der Waals surface area (Å²) in [5, 5.41) is 12.0. The van der Waals surface area contributed by atoms with E-state index in [-0.39, 0.29) is 0 Å². The Morgan fingerprint density at radius 3 is 2.50 bits per heavy atom. The molecular formula is C15H27BrN4. The van der Waals surface area contributed by atoms with Gasteiger partial charge >= 0.3 is 0 Å². The van der Waals surface area contributed by atoms with Crippen molar-refractivity contribution in [3.63, 3.8) is 0 Å². The van der Waals surface area contributed by atoms with E-state index < -0.39 is 0 Å². The van der Waals surface area contributed by atoms with E-state index >= 15 is 0 Å². The van der Waals surface area contributed by atoms with Crippen LogP contribution >= 0.6 is 15.9 Å². The molecule has 20 heavy (non-hydrogen) atoms. The summed E-state index contributed by atoms with van der Waals surface area (Å²) in [5.41, 5.74) is 1.21. The van der Waals surface area contributed by atoms with Crippen LogP contribution < -0.4 is 5.32 Å². The van der Waals surface area contributed by atoms with Gasteiger partial charge < -0.3 is 5.32 Å². The lowest BCUT2D eigenvalue weighted by atomic mass is 9.77. The molecule has 1 aromatic rings. The SMILES string of the molecule is CCCNC(c1c(Br)nnn1C)C1CCC(CC)CC1. The van der Waals surface area contributed by atoms with Crippen molar-refractivity contribution in [1.29, 1.82) is 0 Å². The lowest BCUT2D eigenvalue weighted by Crippen LogP contribution is -2.33. The number of nitrogens with zero attached hydrogens (tertiary/aromatic N) is 3. The Bertz CT molecular complexity index is 391. The summed E-state index contributed by atoms with van der Waals surface area (Å²) in [6, 6.07) is 0.377. The quantitative estimate of drug-likeness (QED) is 0.854. The highest BCUT2D eigenvalue weighted by molar-refractivity contribution is 9.10. The maximum absolute atomic E-state index is 4.16. The van der Waals surface area contributed by atoms with Gasteiger partial charge in [0.2, 0.25) is 0 Å². The molecule has 1 aliphatic carbocycles. The predicted octanol–water partition coefficient (Wildman–Crippen LogP) is 3.83. The van der Waals surface area contributed by atoms with Gasteiger partial charge in [-0.15, -0.1) is 5.10 Å². The number of nitrogens with one attached hydrogen (secondary N) is 1. The molecule has 1 N–H and O–H groups in total. The maximum atomic E-state index is 4.16. The fourth-order valence-corrected chi connectivity index (χ4v) is 3.96. The molecule has 1 heterocycles. The minimum Gasteiger partial charge on any atom is -0.308 e. The van der Waals surface area contributed by atoms with Gasteiger partial charge in [-0.3, -0.25) is 0 Å². The van der Waals surface area contributed by atoms with Crippen LogP contribution in [0.3, 0.4) is 0 Å². The molecule has 4 nitrogen and oxygen atoms in total. The fraction of sp³-hybridized carbons (Fsp3) is 0.867. The lowest BCUT2D eigenvalue weighted by molar-refractivity contribution is 0.213. The Labute approximate surface area is 130 Å². The maximum Gasteiger partial charge on any atom is 0.153 e. The van der Waals surface area contributed by atoms with Gasteiger partial charge in [-0.1, -0.05) is 38.3 Å². The summed E-state index contributed by atoms with van der Waals surface area (Å²) in [6.07, 6.45) is 7.86. The number of halogens is 1. The summed E-state index contributed by atoms with van der Waals surface area (Å²) in [4.78, 5) is 0. The number of rotatable bonds is 6. The molecule has 1 fully saturated rings. The third kappa shape index (κ3) is 3.61. The Hall–Kier alpha value is -0.420. The van der Waals surface area contributed by atoms with Crippen LogP contribution in [0.2, 0.25) is 0 Å². The Morgan fingerprint density at radius 2 is 2.00 bits per heavy atom. The molecule has 2 rings (SSSR count). The molecule has 0 amide bonds. The van der Waals surface area contributed by atoms with Crippen molar-refractivity contribution in [2.45, 2.75) is 58.4 Å². The second kappa shape index (κ2) is 7.55. The predicted molar refractivity (Wildman–Crippen MR) is 85.5 cm³/mol. The van der Waals surface area contributed by atoms with Crippen LogP contribution in [-0.2, 0) is 7.05 Å². The van der Waals surface area contributed by atoms with Gasteiger partial charge in [-0.25, -0.2) is 4.68 Å². The van der Waals surface area contributed by atoms with E-state index in [1.54, 1.807) is 0 Å². The Balaban J connectivity index is 2.12. The molecule has 1 aliphatic rings. The minimum atomic E-state index is 0.377. The van der Waals surface area contributed by atoms with Crippen molar-refractivity contribution >= 4 is 15.9 Å². The summed E-state index contributed by atoms with van der Waals surface area (Å²) >= 11 is 3.57. The van der Waals surface area contributed by atoms with Crippen LogP contribution in [0.4, 0.5) is 0 Å². The minimum absolute atomic E-state index is 0.377. The molecule has 1 atom stereocenters. The van der Waals surface area contributed by atoms with Crippen molar-refractivity contribution in [1.82, 2.24) is 20.3 Å². The van der Waals surface area contributed by atoms with Crippen molar-refractivity contribution in [2.24, 2.45) is 18.9 Å². The lowest BCUT2D eigenvalue weighted by Gasteiger charge is -2.34. The second-order valence-corrected chi connectivity index (χ2v) is 6.76. The van der Waals surface area contributed by atoms with Crippen molar-refractivity contribution in [2.75, 3.05) is 6.54 Å². The summed E-state index contributed by atoms with van der Waals surface area (Å²) in [7, 11) is 1.99. The van der Waals surface area contributed by atoms with E-state index in [9.17, 15) is 0 Å². The zero-order valence-electron chi connectivity index (χ0n) is 12.9. The zero-order valence-corrected chi connectivity index (χ0v) is 14.5. The van der Waals surface area contributed by atoms with Gasteiger partial charge in [-0.05, 0) is 53.6 Å². The van der Waals surface area contributed by atoms with E-state index in [0.29, 0.717) is 12.0 Å². The molecule has 1 aromatic heterocycles. The average molecular weight is 343 g/mol. The first-order valence-corrected chi connectivity index (χ1v) is 8.75. The standard InChI is InChI=1S/C15H27BrN4/c1-4-10-17-13(14-15(16)18-19-20(14)3)12-8-6-11(5-2)7-9-12/h11-13,17H,4-10H2,1-3H3. The molecule has 0 spiro atoms. The van der Waals surface area contributed by atoms with E-state index in [4.69, 9.17) is 0 Å². The monoisotopic (exact) mass is 342 g/mol. The van der Waals surface area contributed by atoms with Gasteiger partial charge in [0.05, 0.1) is 11.7 Å². The normalized spacial score (nSPS) is 24.8. The van der Waals surface area contributed by atoms with Crippen LogP contribution in [0.25, 0.3) is 0 Å². The van der Waals surface area contributed by atoms with Crippen LogP contribution in [0.15, 0.2) is 4.60 Å². The topological polar surface area (TPSA) is 42.7 Å². The summed E-state index contributed by atoms with van der Waals surface area (Å²) < 4.78 is 2.81. The molecule has 0 bridgehead atoms. The largest absolute Gasteiger partial charge is 0.308 e. The van der Waals surface area contributed by atoms with Crippen molar-refractivity contribution in [3.05, 3.63) is 10.3 Å². The zero-order chi connectivity index (χ0) is 14.5. The molecule has 0 aliphatic heterocycles. The van der Waals surface area contributed by atoms with Crippen LogP contribution in [-0.4, -0.2) is 21.5 Å². The van der Waals surface area contributed by atoms with E-state index in [0.717, 1.165) is 23.5 Å². The van der Waals surface area contributed by atoms with Gasteiger partial charge in [-0.2, -0.15) is 0 Å². The number of aryl methyl sites for hydroxylation is 1. The first-order valence-electron chi connectivity index (χ1n) is 7.95. The van der Waals surface area contributed by atoms with E-state index in [2.05, 4.69) is 45.4 Å². The molecule has 0 aromatic carbocycles. The molecule has 114 valence electrons. The Kier molecular flexibility index (Phi) is 6.02. The van der Waals surface area contributed by atoms with Gasteiger partial charge in [0.25, 0.3) is 0 Å². The summed E-state index contributed by atoms with van der Waals surface area (Å²) in [5.74, 6) is 1.64. The number of aromatic nitrogens is 3. The first kappa shape index (κ1) is 16.0.